The van der Waals surface area contributed by atoms with Crippen molar-refractivity contribution < 1.29 is 0 Å². The molecule has 2 rings (SSSR count). The molecule has 0 spiro atoms. The van der Waals surface area contributed by atoms with Gasteiger partial charge in [0.05, 0.1) is 0 Å². The lowest BCUT2D eigenvalue weighted by molar-refractivity contribution is 0.664. The quantitative estimate of drug-likeness (QED) is 0.619. The Balaban J connectivity index is 2.26. The van der Waals surface area contributed by atoms with Crippen LogP contribution >= 0.6 is 0 Å². The molecule has 1 aliphatic rings. The van der Waals surface area contributed by atoms with Crippen molar-refractivity contribution in [3.05, 3.63) is 35.4 Å². The second-order valence-electron chi connectivity index (χ2n) is 3.97. The van der Waals surface area contributed by atoms with Gasteiger partial charge in [0.2, 0.25) is 0 Å². The molecule has 1 unspecified atom stereocenters. The van der Waals surface area contributed by atoms with Crippen LogP contribution < -0.4 is 0 Å². The first kappa shape index (κ1) is 8.49. The fraction of sp³-hybridized carbons (Fsp3) is 0.417. The molecule has 1 atom stereocenters. The second kappa shape index (κ2) is 3.33. The van der Waals surface area contributed by atoms with Gasteiger partial charge in [-0.05, 0) is 24.8 Å². The van der Waals surface area contributed by atoms with E-state index in [1.807, 2.05) is 0 Å². The fourth-order valence-electron chi connectivity index (χ4n) is 1.76. The van der Waals surface area contributed by atoms with E-state index in [-0.39, 0.29) is 0 Å². The lowest BCUT2D eigenvalue weighted by Crippen LogP contribution is -1.99. The Kier molecular flexibility index (Phi) is 2.17. The molecule has 0 saturated carbocycles. The van der Waals surface area contributed by atoms with Gasteiger partial charge in [-0.1, -0.05) is 36.8 Å². The normalized spacial score (nSPS) is 21.7. The van der Waals surface area contributed by atoms with Crippen molar-refractivity contribution in [3.8, 4) is 0 Å². The summed E-state index contributed by atoms with van der Waals surface area (Å²) in [6, 6.07) is 8.61. The van der Waals surface area contributed by atoms with Crippen LogP contribution in [0.4, 0.5) is 0 Å². The van der Waals surface area contributed by atoms with Crippen LogP contribution in [0.1, 0.15) is 24.5 Å². The van der Waals surface area contributed by atoms with E-state index in [9.17, 15) is 0 Å². The molecule has 0 aromatic heterocycles. The highest BCUT2D eigenvalue weighted by molar-refractivity contribution is 6.01. The summed E-state index contributed by atoms with van der Waals surface area (Å²) in [5.74, 6) is 0.732. The predicted octanol–water partition coefficient (Wildman–Crippen LogP) is 2.82. The molecule has 1 heterocycles. The van der Waals surface area contributed by atoms with E-state index < -0.39 is 0 Å². The van der Waals surface area contributed by atoms with E-state index in [1.54, 1.807) is 0 Å². The fourth-order valence-corrected chi connectivity index (χ4v) is 1.76. The number of hydrogen-bond donors (Lipinski definition) is 0. The first-order valence-electron chi connectivity index (χ1n) is 4.86. The Morgan fingerprint density at radius 2 is 2.23 bits per heavy atom. The molecule has 1 heteroatoms. The van der Waals surface area contributed by atoms with Crippen LogP contribution in [-0.4, -0.2) is 12.3 Å². The van der Waals surface area contributed by atoms with Gasteiger partial charge in [0, 0.05) is 12.3 Å². The third-order valence-corrected chi connectivity index (χ3v) is 2.49. The number of benzene rings is 1. The number of aryl methyl sites for hydroxylation is 1. The molecular formula is C12H15N. The molecule has 0 N–H and O–H groups in total. The maximum Gasteiger partial charge on any atom is 0.0424 e. The summed E-state index contributed by atoms with van der Waals surface area (Å²) in [4.78, 5) is 4.54. The van der Waals surface area contributed by atoms with E-state index in [4.69, 9.17) is 0 Å². The van der Waals surface area contributed by atoms with Crippen LogP contribution in [0.2, 0.25) is 0 Å². The zero-order valence-corrected chi connectivity index (χ0v) is 8.25. The molecule has 0 amide bonds. The van der Waals surface area contributed by atoms with Crippen molar-refractivity contribution >= 4 is 5.71 Å². The first-order chi connectivity index (χ1) is 6.25. The Bertz CT molecular complexity index is 339. The van der Waals surface area contributed by atoms with Crippen LogP contribution in [0.5, 0.6) is 0 Å². The van der Waals surface area contributed by atoms with Crippen LogP contribution in [0, 0.1) is 12.8 Å². The SMILES string of the molecule is Cc1cccc(C2=NCC(C)C2)c1. The van der Waals surface area contributed by atoms with Gasteiger partial charge in [0.15, 0.2) is 0 Å². The van der Waals surface area contributed by atoms with Crippen molar-refractivity contribution in [1.82, 2.24) is 0 Å². The molecule has 0 aliphatic carbocycles. The molecule has 68 valence electrons. The van der Waals surface area contributed by atoms with E-state index in [2.05, 4.69) is 43.1 Å². The van der Waals surface area contributed by atoms with Gasteiger partial charge in [0.25, 0.3) is 0 Å². The van der Waals surface area contributed by atoms with E-state index in [0.717, 1.165) is 18.9 Å². The molecular weight excluding hydrogens is 158 g/mol. The highest BCUT2D eigenvalue weighted by Gasteiger charge is 2.15. The lowest BCUT2D eigenvalue weighted by Gasteiger charge is -2.02. The van der Waals surface area contributed by atoms with Gasteiger partial charge < -0.3 is 0 Å². The van der Waals surface area contributed by atoms with E-state index in [0.29, 0.717) is 0 Å². The standard InChI is InChI=1S/C12H15N/c1-9-4-3-5-11(6-9)12-7-10(2)8-13-12/h3-6,10H,7-8H2,1-2H3. The summed E-state index contributed by atoms with van der Waals surface area (Å²) in [7, 11) is 0. The third-order valence-electron chi connectivity index (χ3n) is 2.49. The van der Waals surface area contributed by atoms with Gasteiger partial charge in [-0.2, -0.15) is 0 Å². The molecule has 1 aromatic rings. The molecule has 1 nitrogen and oxygen atoms in total. The molecule has 1 aromatic carbocycles. The van der Waals surface area contributed by atoms with Gasteiger partial charge in [-0.15, -0.1) is 0 Å². The minimum Gasteiger partial charge on any atom is -0.289 e. The zero-order valence-electron chi connectivity index (χ0n) is 8.25. The minimum atomic E-state index is 0.732. The monoisotopic (exact) mass is 173 g/mol. The third kappa shape index (κ3) is 1.80. The molecule has 0 bridgehead atoms. The van der Waals surface area contributed by atoms with Gasteiger partial charge in [-0.3, -0.25) is 4.99 Å². The Morgan fingerprint density at radius 3 is 2.85 bits per heavy atom. The van der Waals surface area contributed by atoms with E-state index >= 15 is 0 Å². The smallest absolute Gasteiger partial charge is 0.0424 e. The number of nitrogens with zero attached hydrogens (tertiary/aromatic N) is 1. The Hall–Kier alpha value is -1.11. The Morgan fingerprint density at radius 1 is 1.38 bits per heavy atom. The van der Waals surface area contributed by atoms with Crippen molar-refractivity contribution in [2.75, 3.05) is 6.54 Å². The van der Waals surface area contributed by atoms with Gasteiger partial charge >= 0.3 is 0 Å². The highest BCUT2D eigenvalue weighted by atomic mass is 14.8. The maximum atomic E-state index is 4.54. The topological polar surface area (TPSA) is 12.4 Å². The summed E-state index contributed by atoms with van der Waals surface area (Å²) < 4.78 is 0. The molecule has 0 fully saturated rings. The summed E-state index contributed by atoms with van der Waals surface area (Å²) in [5.41, 5.74) is 3.92. The van der Waals surface area contributed by atoms with Crippen LogP contribution in [-0.2, 0) is 0 Å². The second-order valence-corrected chi connectivity index (χ2v) is 3.97. The van der Waals surface area contributed by atoms with Crippen LogP contribution in [0.3, 0.4) is 0 Å². The average Bonchev–Trinajstić information content (AvgIpc) is 2.52. The van der Waals surface area contributed by atoms with Crippen molar-refractivity contribution in [1.29, 1.82) is 0 Å². The summed E-state index contributed by atoms with van der Waals surface area (Å²) in [6.07, 6.45) is 1.14. The summed E-state index contributed by atoms with van der Waals surface area (Å²) in [5, 5.41) is 0. The predicted molar refractivity (Wildman–Crippen MR) is 56.4 cm³/mol. The van der Waals surface area contributed by atoms with Crippen molar-refractivity contribution in [2.24, 2.45) is 10.9 Å². The number of hydrogen-bond acceptors (Lipinski definition) is 1. The van der Waals surface area contributed by atoms with Crippen LogP contribution in [0.15, 0.2) is 29.3 Å². The average molecular weight is 173 g/mol. The minimum absolute atomic E-state index is 0.732. The van der Waals surface area contributed by atoms with Crippen molar-refractivity contribution in [2.45, 2.75) is 20.3 Å². The zero-order chi connectivity index (χ0) is 9.26. The lowest BCUT2D eigenvalue weighted by atomic mass is 10.0. The summed E-state index contributed by atoms with van der Waals surface area (Å²) in [6.45, 7) is 5.39. The largest absolute Gasteiger partial charge is 0.289 e. The molecule has 1 aliphatic heterocycles. The van der Waals surface area contributed by atoms with Gasteiger partial charge in [-0.25, -0.2) is 0 Å². The Labute approximate surface area is 79.5 Å². The van der Waals surface area contributed by atoms with Gasteiger partial charge in [0.1, 0.15) is 0 Å². The van der Waals surface area contributed by atoms with E-state index in [1.165, 1.54) is 16.8 Å². The highest BCUT2D eigenvalue weighted by Crippen LogP contribution is 2.18. The maximum absolute atomic E-state index is 4.54. The van der Waals surface area contributed by atoms with Crippen LogP contribution in [0.25, 0.3) is 0 Å². The molecule has 0 saturated heterocycles. The summed E-state index contributed by atoms with van der Waals surface area (Å²) >= 11 is 0. The number of rotatable bonds is 1. The molecule has 13 heavy (non-hydrogen) atoms. The number of aliphatic imine (C=N–C) groups is 1. The van der Waals surface area contributed by atoms with Crippen molar-refractivity contribution in [3.63, 3.8) is 0 Å². The first-order valence-corrected chi connectivity index (χ1v) is 4.86. The molecule has 0 radical (unpaired) electrons.